The van der Waals surface area contributed by atoms with E-state index in [1.54, 1.807) is 24.3 Å². The SMILES string of the molecule is O=C(O)c1oc2ccc(F)cc2c1-c1ccccc1. The highest BCUT2D eigenvalue weighted by molar-refractivity contribution is 6.05. The van der Waals surface area contributed by atoms with E-state index in [9.17, 15) is 14.3 Å². The summed E-state index contributed by atoms with van der Waals surface area (Å²) in [5, 5.41) is 9.67. The molecule has 1 N–H and O–H groups in total. The van der Waals surface area contributed by atoms with Gasteiger partial charge in [-0.25, -0.2) is 9.18 Å². The van der Waals surface area contributed by atoms with Crippen LogP contribution in [0.5, 0.6) is 0 Å². The van der Waals surface area contributed by atoms with Crippen molar-refractivity contribution in [3.63, 3.8) is 0 Å². The van der Waals surface area contributed by atoms with Gasteiger partial charge in [-0.1, -0.05) is 30.3 Å². The van der Waals surface area contributed by atoms with Crippen LogP contribution in [0.4, 0.5) is 4.39 Å². The lowest BCUT2D eigenvalue weighted by atomic mass is 10.0. The van der Waals surface area contributed by atoms with E-state index in [0.717, 1.165) is 0 Å². The Kier molecular flexibility index (Phi) is 2.56. The smallest absolute Gasteiger partial charge is 0.372 e. The molecule has 94 valence electrons. The van der Waals surface area contributed by atoms with E-state index < -0.39 is 11.8 Å². The van der Waals surface area contributed by atoms with E-state index in [1.165, 1.54) is 18.2 Å². The van der Waals surface area contributed by atoms with Gasteiger partial charge >= 0.3 is 5.97 Å². The molecular weight excluding hydrogens is 247 g/mol. The number of furan rings is 1. The molecule has 4 heteroatoms. The van der Waals surface area contributed by atoms with Gasteiger partial charge in [-0.2, -0.15) is 0 Å². The molecule has 3 nitrogen and oxygen atoms in total. The Bertz CT molecular complexity index is 760. The van der Waals surface area contributed by atoms with E-state index in [2.05, 4.69) is 0 Å². The van der Waals surface area contributed by atoms with Crippen LogP contribution in [0.25, 0.3) is 22.1 Å². The Labute approximate surface area is 107 Å². The Morgan fingerprint density at radius 3 is 2.53 bits per heavy atom. The Balaban J connectivity index is 2.40. The van der Waals surface area contributed by atoms with Crippen LogP contribution in [0.1, 0.15) is 10.6 Å². The van der Waals surface area contributed by atoms with E-state index in [4.69, 9.17) is 4.42 Å². The first-order valence-electron chi connectivity index (χ1n) is 5.67. The zero-order valence-corrected chi connectivity index (χ0v) is 9.76. The van der Waals surface area contributed by atoms with Crippen LogP contribution in [0.3, 0.4) is 0 Å². The standard InChI is InChI=1S/C15H9FO3/c16-10-6-7-12-11(8-10)13(14(19-12)15(17)18)9-4-2-1-3-5-9/h1-8H,(H,17,18). The number of fused-ring (bicyclic) bond motifs is 1. The number of benzene rings is 2. The minimum atomic E-state index is -1.17. The quantitative estimate of drug-likeness (QED) is 0.755. The van der Waals surface area contributed by atoms with Crippen LogP contribution in [0.15, 0.2) is 52.9 Å². The van der Waals surface area contributed by atoms with Gasteiger partial charge in [-0.15, -0.1) is 0 Å². The van der Waals surface area contributed by atoms with Crippen LogP contribution in [0.2, 0.25) is 0 Å². The first-order chi connectivity index (χ1) is 9.16. The lowest BCUT2D eigenvalue weighted by Gasteiger charge is -2.00. The first kappa shape index (κ1) is 11.5. The van der Waals surface area contributed by atoms with E-state index in [1.807, 2.05) is 6.07 Å². The van der Waals surface area contributed by atoms with Crippen LogP contribution in [0, 0.1) is 5.82 Å². The molecule has 1 heterocycles. The van der Waals surface area contributed by atoms with Gasteiger partial charge < -0.3 is 9.52 Å². The molecule has 0 aliphatic heterocycles. The minimum Gasteiger partial charge on any atom is -0.475 e. The van der Waals surface area contributed by atoms with E-state index in [0.29, 0.717) is 22.1 Å². The molecule has 0 atom stereocenters. The van der Waals surface area contributed by atoms with Crippen molar-refractivity contribution in [1.29, 1.82) is 0 Å². The van der Waals surface area contributed by atoms with Crippen molar-refractivity contribution in [2.24, 2.45) is 0 Å². The van der Waals surface area contributed by atoms with Gasteiger partial charge in [0.25, 0.3) is 0 Å². The van der Waals surface area contributed by atoms with Crippen LogP contribution < -0.4 is 0 Å². The molecule has 0 aliphatic carbocycles. The zero-order chi connectivity index (χ0) is 13.4. The Hall–Kier alpha value is -2.62. The van der Waals surface area contributed by atoms with Gasteiger partial charge in [-0.3, -0.25) is 0 Å². The molecule has 3 aromatic rings. The molecule has 0 saturated heterocycles. The molecule has 0 aliphatic rings. The van der Waals surface area contributed by atoms with Gasteiger partial charge in [0.2, 0.25) is 5.76 Å². The van der Waals surface area contributed by atoms with E-state index in [-0.39, 0.29) is 5.76 Å². The number of carboxylic acid groups (broad SMARTS) is 1. The molecule has 0 unspecified atom stereocenters. The lowest BCUT2D eigenvalue weighted by Crippen LogP contribution is -1.95. The molecule has 0 radical (unpaired) electrons. The van der Waals surface area contributed by atoms with Gasteiger partial charge in [0.1, 0.15) is 11.4 Å². The number of aromatic carboxylic acids is 1. The van der Waals surface area contributed by atoms with Crippen LogP contribution in [-0.2, 0) is 0 Å². The summed E-state index contributed by atoms with van der Waals surface area (Å²) in [6.07, 6.45) is 0. The van der Waals surface area contributed by atoms with Gasteiger partial charge in [0.15, 0.2) is 0 Å². The largest absolute Gasteiger partial charge is 0.475 e. The first-order valence-corrected chi connectivity index (χ1v) is 5.67. The summed E-state index contributed by atoms with van der Waals surface area (Å²) in [5.41, 5.74) is 1.45. The third-order valence-corrected chi connectivity index (χ3v) is 2.91. The molecule has 19 heavy (non-hydrogen) atoms. The third-order valence-electron chi connectivity index (χ3n) is 2.91. The normalized spacial score (nSPS) is 10.8. The summed E-state index contributed by atoms with van der Waals surface area (Å²) in [7, 11) is 0. The summed E-state index contributed by atoms with van der Waals surface area (Å²) in [6.45, 7) is 0. The molecule has 0 fully saturated rings. The average molecular weight is 256 g/mol. The molecular formula is C15H9FO3. The van der Waals surface area contributed by atoms with Crippen molar-refractivity contribution in [2.75, 3.05) is 0 Å². The predicted octanol–water partition coefficient (Wildman–Crippen LogP) is 3.94. The predicted molar refractivity (Wildman–Crippen MR) is 68.6 cm³/mol. The number of carboxylic acids is 1. The van der Waals surface area contributed by atoms with E-state index >= 15 is 0 Å². The number of hydrogen-bond acceptors (Lipinski definition) is 2. The highest BCUT2D eigenvalue weighted by Gasteiger charge is 2.21. The molecule has 1 aromatic heterocycles. The monoisotopic (exact) mass is 256 g/mol. The van der Waals surface area contributed by atoms with Crippen LogP contribution in [-0.4, -0.2) is 11.1 Å². The fourth-order valence-corrected chi connectivity index (χ4v) is 2.11. The number of carbonyl (C=O) groups is 1. The highest BCUT2D eigenvalue weighted by Crippen LogP contribution is 2.35. The summed E-state index contributed by atoms with van der Waals surface area (Å²) < 4.78 is 18.7. The summed E-state index contributed by atoms with van der Waals surface area (Å²) in [6, 6.07) is 12.9. The molecule has 0 bridgehead atoms. The Morgan fingerprint density at radius 2 is 1.84 bits per heavy atom. The van der Waals surface area contributed by atoms with Crippen molar-refractivity contribution >= 4 is 16.9 Å². The van der Waals surface area contributed by atoms with Gasteiger partial charge in [-0.05, 0) is 23.8 Å². The molecule has 0 amide bonds. The van der Waals surface area contributed by atoms with Gasteiger partial charge in [0.05, 0.1) is 0 Å². The van der Waals surface area contributed by atoms with Gasteiger partial charge in [0, 0.05) is 10.9 Å². The fraction of sp³-hybridized carbons (Fsp3) is 0. The average Bonchev–Trinajstić information content (AvgIpc) is 2.78. The molecule has 2 aromatic carbocycles. The van der Waals surface area contributed by atoms with Crippen molar-refractivity contribution < 1.29 is 18.7 Å². The third kappa shape index (κ3) is 1.87. The number of halogens is 1. The minimum absolute atomic E-state index is 0.174. The Morgan fingerprint density at radius 1 is 1.11 bits per heavy atom. The zero-order valence-electron chi connectivity index (χ0n) is 9.76. The van der Waals surface area contributed by atoms with Crippen molar-refractivity contribution in [1.82, 2.24) is 0 Å². The van der Waals surface area contributed by atoms with Crippen molar-refractivity contribution in [3.8, 4) is 11.1 Å². The van der Waals surface area contributed by atoms with Crippen molar-refractivity contribution in [2.45, 2.75) is 0 Å². The highest BCUT2D eigenvalue weighted by atomic mass is 19.1. The summed E-state index contributed by atoms with van der Waals surface area (Å²) in [4.78, 5) is 11.3. The maximum atomic E-state index is 13.4. The second kappa shape index (κ2) is 4.24. The molecule has 0 saturated carbocycles. The maximum Gasteiger partial charge on any atom is 0.372 e. The molecule has 0 spiro atoms. The number of rotatable bonds is 2. The fourth-order valence-electron chi connectivity index (χ4n) is 2.11. The second-order valence-electron chi connectivity index (χ2n) is 4.12. The number of hydrogen-bond donors (Lipinski definition) is 1. The van der Waals surface area contributed by atoms with Crippen molar-refractivity contribution in [3.05, 3.63) is 60.1 Å². The second-order valence-corrected chi connectivity index (χ2v) is 4.12. The lowest BCUT2D eigenvalue weighted by molar-refractivity contribution is 0.0666. The van der Waals surface area contributed by atoms with Crippen LogP contribution >= 0.6 is 0 Å². The maximum absolute atomic E-state index is 13.4. The topological polar surface area (TPSA) is 50.4 Å². The summed E-state index contributed by atoms with van der Waals surface area (Å²) >= 11 is 0. The summed E-state index contributed by atoms with van der Waals surface area (Å²) in [5.74, 6) is -1.77. The molecule has 3 rings (SSSR count).